The van der Waals surface area contributed by atoms with Crippen molar-refractivity contribution in [1.29, 1.82) is 0 Å². The van der Waals surface area contributed by atoms with Crippen molar-refractivity contribution in [3.8, 4) is 5.75 Å². The third kappa shape index (κ3) is 6.10. The van der Waals surface area contributed by atoms with E-state index in [0.717, 1.165) is 6.26 Å². The number of sulfone groups is 1. The fourth-order valence-electron chi connectivity index (χ4n) is 2.19. The van der Waals surface area contributed by atoms with Crippen molar-refractivity contribution < 1.29 is 22.7 Å². The smallest absolute Gasteiger partial charge is 0.276 e. The molecule has 144 valence electrons. The van der Waals surface area contributed by atoms with Gasteiger partial charge in [0, 0.05) is 11.8 Å². The number of hydrogen-bond acceptors (Lipinski definition) is 5. The maximum Gasteiger partial charge on any atom is 0.276 e. The lowest BCUT2D eigenvalue weighted by atomic mass is 10.0. The van der Waals surface area contributed by atoms with E-state index in [1.807, 2.05) is 12.1 Å². The molecule has 0 bridgehead atoms. The van der Waals surface area contributed by atoms with Gasteiger partial charge in [0.1, 0.15) is 5.75 Å². The van der Waals surface area contributed by atoms with Gasteiger partial charge in [0.15, 0.2) is 16.4 Å². The Morgan fingerprint density at radius 1 is 0.963 bits per heavy atom. The van der Waals surface area contributed by atoms with Gasteiger partial charge in [-0.05, 0) is 47.9 Å². The van der Waals surface area contributed by atoms with Crippen molar-refractivity contribution in [3.05, 3.63) is 59.7 Å². The molecule has 0 heterocycles. The van der Waals surface area contributed by atoms with Gasteiger partial charge in [-0.3, -0.25) is 20.4 Å². The van der Waals surface area contributed by atoms with Gasteiger partial charge >= 0.3 is 0 Å². The predicted molar refractivity (Wildman–Crippen MR) is 101 cm³/mol. The van der Waals surface area contributed by atoms with Crippen LogP contribution in [0.2, 0.25) is 0 Å². The molecule has 0 spiro atoms. The number of rotatable bonds is 6. The summed E-state index contributed by atoms with van der Waals surface area (Å²) in [6.07, 6.45) is 1.08. The van der Waals surface area contributed by atoms with Crippen molar-refractivity contribution in [2.75, 3.05) is 12.9 Å². The van der Waals surface area contributed by atoms with Crippen molar-refractivity contribution in [3.63, 3.8) is 0 Å². The van der Waals surface area contributed by atoms with Crippen molar-refractivity contribution in [2.45, 2.75) is 24.7 Å². The van der Waals surface area contributed by atoms with Gasteiger partial charge < -0.3 is 4.74 Å². The molecule has 0 unspecified atom stereocenters. The second kappa shape index (κ2) is 8.68. The molecular weight excluding hydrogens is 368 g/mol. The van der Waals surface area contributed by atoms with Crippen LogP contribution in [0, 0.1) is 0 Å². The Labute approximate surface area is 158 Å². The van der Waals surface area contributed by atoms with E-state index in [1.165, 1.54) is 29.8 Å². The highest BCUT2D eigenvalue weighted by Crippen LogP contribution is 2.18. The van der Waals surface area contributed by atoms with E-state index < -0.39 is 21.7 Å². The van der Waals surface area contributed by atoms with E-state index in [2.05, 4.69) is 24.7 Å². The molecule has 2 amide bonds. The summed E-state index contributed by atoms with van der Waals surface area (Å²) in [4.78, 5) is 23.9. The van der Waals surface area contributed by atoms with E-state index >= 15 is 0 Å². The fraction of sp³-hybridized carbons (Fsp3) is 0.263. The van der Waals surface area contributed by atoms with Crippen molar-refractivity contribution in [2.24, 2.45) is 0 Å². The van der Waals surface area contributed by atoms with Gasteiger partial charge in [-0.25, -0.2) is 8.42 Å². The Morgan fingerprint density at radius 2 is 1.56 bits per heavy atom. The highest BCUT2D eigenvalue weighted by molar-refractivity contribution is 7.90. The molecule has 0 saturated carbocycles. The molecule has 0 aliphatic heterocycles. The van der Waals surface area contributed by atoms with Crippen LogP contribution in [0.1, 0.15) is 35.7 Å². The molecule has 27 heavy (non-hydrogen) atoms. The van der Waals surface area contributed by atoms with Gasteiger partial charge in [-0.1, -0.05) is 26.0 Å². The zero-order valence-electron chi connectivity index (χ0n) is 15.4. The van der Waals surface area contributed by atoms with Crippen LogP contribution in [0.4, 0.5) is 0 Å². The van der Waals surface area contributed by atoms with E-state index in [-0.39, 0.29) is 17.1 Å². The minimum absolute atomic E-state index is 0.111. The fourth-order valence-corrected chi connectivity index (χ4v) is 2.82. The Kier molecular flexibility index (Phi) is 6.57. The quantitative estimate of drug-likeness (QED) is 0.735. The molecule has 2 rings (SSSR count). The Bertz CT molecular complexity index is 904. The molecule has 0 fully saturated rings. The molecule has 0 radical (unpaired) electrons. The molecule has 0 saturated heterocycles. The second-order valence-corrected chi connectivity index (χ2v) is 8.33. The molecule has 0 aliphatic carbocycles. The van der Waals surface area contributed by atoms with Crippen LogP contribution >= 0.6 is 0 Å². The van der Waals surface area contributed by atoms with Gasteiger partial charge in [0.2, 0.25) is 0 Å². The number of carbonyl (C=O) groups is 2. The second-order valence-electron chi connectivity index (χ2n) is 6.31. The zero-order chi connectivity index (χ0) is 20.0. The molecule has 0 aromatic heterocycles. The molecule has 8 heteroatoms. The topological polar surface area (TPSA) is 102 Å². The minimum Gasteiger partial charge on any atom is -0.484 e. The predicted octanol–water partition coefficient (Wildman–Crippen LogP) is 2.05. The largest absolute Gasteiger partial charge is 0.484 e. The minimum atomic E-state index is -3.33. The lowest BCUT2D eigenvalue weighted by Crippen LogP contribution is -2.43. The third-order valence-electron chi connectivity index (χ3n) is 3.78. The van der Waals surface area contributed by atoms with E-state index in [1.54, 1.807) is 12.1 Å². The molecule has 7 nitrogen and oxygen atoms in total. The molecule has 2 aromatic carbocycles. The number of hydrogen-bond donors (Lipinski definition) is 2. The van der Waals surface area contributed by atoms with Crippen LogP contribution in [0.3, 0.4) is 0 Å². The summed E-state index contributed by atoms with van der Waals surface area (Å²) in [5.41, 5.74) is 5.88. The number of carbonyl (C=O) groups excluding carboxylic acids is 2. The monoisotopic (exact) mass is 390 g/mol. The average molecular weight is 390 g/mol. The number of amides is 2. The molecular formula is C19H22N2O5S. The summed E-state index contributed by atoms with van der Waals surface area (Å²) in [5, 5.41) is 0. The standard InChI is InChI=1S/C19H22N2O5S/c1-13(2)14-4-8-16(9-5-14)26-12-18(22)20-21-19(23)15-6-10-17(11-7-15)27(3,24)25/h4-11,13H,12H2,1-3H3,(H,20,22)(H,21,23). The molecule has 2 aromatic rings. The van der Waals surface area contributed by atoms with E-state index in [9.17, 15) is 18.0 Å². The van der Waals surface area contributed by atoms with Gasteiger partial charge in [0.05, 0.1) is 4.90 Å². The molecule has 0 atom stereocenters. The Balaban J connectivity index is 1.81. The maximum absolute atomic E-state index is 12.0. The first kappa shape index (κ1) is 20.4. The van der Waals surface area contributed by atoms with Crippen LogP contribution in [-0.4, -0.2) is 33.1 Å². The van der Waals surface area contributed by atoms with Crippen LogP contribution < -0.4 is 15.6 Å². The number of benzene rings is 2. The SMILES string of the molecule is CC(C)c1ccc(OCC(=O)NNC(=O)c2ccc(S(C)(=O)=O)cc2)cc1. The first-order valence-electron chi connectivity index (χ1n) is 8.29. The summed E-state index contributed by atoms with van der Waals surface area (Å²) in [6.45, 7) is 3.91. The summed E-state index contributed by atoms with van der Waals surface area (Å²) in [6, 6.07) is 12.8. The summed E-state index contributed by atoms with van der Waals surface area (Å²) in [5.74, 6) is -0.130. The number of hydrazine groups is 1. The highest BCUT2D eigenvalue weighted by Gasteiger charge is 2.11. The normalized spacial score (nSPS) is 11.1. The van der Waals surface area contributed by atoms with Crippen molar-refractivity contribution >= 4 is 21.7 Å². The average Bonchev–Trinajstić information content (AvgIpc) is 2.64. The third-order valence-corrected chi connectivity index (χ3v) is 4.91. The zero-order valence-corrected chi connectivity index (χ0v) is 16.2. The van der Waals surface area contributed by atoms with E-state index in [0.29, 0.717) is 11.7 Å². The number of nitrogens with one attached hydrogen (secondary N) is 2. The molecule has 2 N–H and O–H groups in total. The lowest BCUT2D eigenvalue weighted by Gasteiger charge is -2.10. The van der Waals surface area contributed by atoms with Crippen LogP contribution in [0.25, 0.3) is 0 Å². The maximum atomic E-state index is 12.0. The Morgan fingerprint density at radius 3 is 2.07 bits per heavy atom. The van der Waals surface area contributed by atoms with Gasteiger partial charge in [-0.2, -0.15) is 0 Å². The van der Waals surface area contributed by atoms with E-state index in [4.69, 9.17) is 4.74 Å². The first-order valence-corrected chi connectivity index (χ1v) is 10.2. The first-order chi connectivity index (χ1) is 12.7. The summed E-state index contributed by atoms with van der Waals surface area (Å²) >= 11 is 0. The van der Waals surface area contributed by atoms with Gasteiger partial charge in [0.25, 0.3) is 11.8 Å². The number of ether oxygens (including phenoxy) is 1. The van der Waals surface area contributed by atoms with Crippen LogP contribution in [0.15, 0.2) is 53.4 Å². The van der Waals surface area contributed by atoms with Crippen LogP contribution in [0.5, 0.6) is 5.75 Å². The van der Waals surface area contributed by atoms with Crippen LogP contribution in [-0.2, 0) is 14.6 Å². The van der Waals surface area contributed by atoms with Gasteiger partial charge in [-0.15, -0.1) is 0 Å². The lowest BCUT2D eigenvalue weighted by molar-refractivity contribution is -0.123. The molecule has 0 aliphatic rings. The summed E-state index contributed by atoms with van der Waals surface area (Å²) < 4.78 is 28.2. The van der Waals surface area contributed by atoms with Crippen molar-refractivity contribution in [1.82, 2.24) is 10.9 Å². The highest BCUT2D eigenvalue weighted by atomic mass is 32.2. The summed E-state index contributed by atoms with van der Waals surface area (Å²) in [7, 11) is -3.33. The Hall–Kier alpha value is -2.87.